The summed E-state index contributed by atoms with van der Waals surface area (Å²) in [6.07, 6.45) is 0. The Balaban J connectivity index is 1.98. The topological polar surface area (TPSA) is 83.6 Å². The predicted octanol–water partition coefficient (Wildman–Crippen LogP) is 2.08. The smallest absolute Gasteiger partial charge is 0.211 e. The van der Waals surface area contributed by atoms with Crippen LogP contribution in [0.4, 0.5) is 0 Å². The van der Waals surface area contributed by atoms with Crippen LogP contribution in [0.5, 0.6) is 0 Å². The minimum atomic E-state index is -1.52. The Morgan fingerprint density at radius 3 is 1.30 bits per heavy atom. The van der Waals surface area contributed by atoms with E-state index in [9.17, 15) is 10.4 Å². The maximum atomic E-state index is 9.55. The number of methoxy groups -OCH3 is 2. The van der Waals surface area contributed by atoms with E-state index in [0.717, 1.165) is 0 Å². The number of nitrogens with zero attached hydrogens (tertiary/aromatic N) is 2. The molecule has 0 amide bonds. The van der Waals surface area contributed by atoms with Crippen molar-refractivity contribution in [3.8, 4) is 0 Å². The summed E-state index contributed by atoms with van der Waals surface area (Å²) in [5.74, 6) is -3.67. The number of ether oxygens (including phenoxy) is 2. The van der Waals surface area contributed by atoms with Crippen molar-refractivity contribution in [2.45, 2.75) is 25.3 Å². The van der Waals surface area contributed by atoms with Crippen LogP contribution in [-0.4, -0.2) is 61.3 Å². The van der Waals surface area contributed by atoms with Gasteiger partial charge in [-0.3, -0.25) is 0 Å². The Hall–Kier alpha value is 0.0200. The fourth-order valence-electron chi connectivity index (χ4n) is 6.67. The molecule has 0 saturated heterocycles. The van der Waals surface area contributed by atoms with Gasteiger partial charge in [0.1, 0.15) is 19.5 Å². The van der Waals surface area contributed by atoms with E-state index in [1.165, 1.54) is 14.2 Å². The molecule has 0 spiro atoms. The largest absolute Gasteiger partial charge is 0.411 e. The number of alkyl halides is 4. The van der Waals surface area contributed by atoms with Crippen LogP contribution in [0.25, 0.3) is 0 Å². The average Bonchev–Trinajstić information content (AvgIpc) is 2.86. The average molecular weight is 402 g/mol. The molecule has 6 nitrogen and oxygen atoms in total. The third-order valence-corrected chi connectivity index (χ3v) is 10.5. The third kappa shape index (κ3) is 0.832. The Morgan fingerprint density at radius 2 is 1.04 bits per heavy atom. The first kappa shape index (κ1) is 15.3. The molecule has 2 N–H and O–H groups in total. The van der Waals surface area contributed by atoms with E-state index in [0.29, 0.717) is 11.4 Å². The third-order valence-electron chi connectivity index (χ3n) is 7.01. The van der Waals surface area contributed by atoms with Crippen molar-refractivity contribution in [1.29, 1.82) is 0 Å². The summed E-state index contributed by atoms with van der Waals surface area (Å²) in [4.78, 5) is -5.18. The van der Waals surface area contributed by atoms with Crippen LogP contribution in [0.15, 0.2) is 10.3 Å². The quantitative estimate of drug-likeness (QED) is 0.321. The van der Waals surface area contributed by atoms with Gasteiger partial charge in [0.15, 0.2) is 0 Å². The van der Waals surface area contributed by atoms with Crippen molar-refractivity contribution in [2.75, 3.05) is 14.2 Å². The first-order chi connectivity index (χ1) is 10.8. The molecule has 126 valence electrons. The van der Waals surface area contributed by atoms with Crippen molar-refractivity contribution < 1.29 is 19.9 Å². The maximum absolute atomic E-state index is 9.55. The molecule has 10 heteroatoms. The first-order valence-electron chi connectivity index (χ1n) is 7.05. The predicted molar refractivity (Wildman–Crippen MR) is 83.5 cm³/mol. The molecule has 5 saturated carbocycles. The summed E-state index contributed by atoms with van der Waals surface area (Å²) >= 11 is 28.1. The zero-order valence-corrected chi connectivity index (χ0v) is 15.0. The van der Waals surface area contributed by atoms with E-state index in [-0.39, 0.29) is 0 Å². The zero-order chi connectivity index (χ0) is 16.8. The van der Waals surface area contributed by atoms with Crippen molar-refractivity contribution in [3.05, 3.63) is 0 Å². The lowest BCUT2D eigenvalue weighted by Crippen LogP contribution is -2.73. The molecule has 0 heterocycles. The molecular formula is C13H12Cl4N2O4. The number of hydrogen-bond donors (Lipinski definition) is 2. The van der Waals surface area contributed by atoms with Gasteiger partial charge in [0.05, 0.1) is 11.4 Å². The van der Waals surface area contributed by atoms with Gasteiger partial charge in [-0.05, 0) is 0 Å². The van der Waals surface area contributed by atoms with Gasteiger partial charge in [0, 0.05) is 37.9 Å². The van der Waals surface area contributed by atoms with Crippen LogP contribution >= 0.6 is 46.4 Å². The van der Waals surface area contributed by atoms with Crippen LogP contribution in [0.1, 0.15) is 0 Å². The van der Waals surface area contributed by atoms with Gasteiger partial charge in [0.2, 0.25) is 5.79 Å². The molecule has 5 fully saturated rings. The summed E-state index contributed by atoms with van der Waals surface area (Å²) in [7, 11) is 2.85. The van der Waals surface area contributed by atoms with Gasteiger partial charge in [-0.15, -0.1) is 46.4 Å². The molecular weight excluding hydrogens is 390 g/mol. The second kappa shape index (κ2) is 3.60. The van der Waals surface area contributed by atoms with E-state index >= 15 is 0 Å². The lowest BCUT2D eigenvalue weighted by atomic mass is 9.57. The van der Waals surface area contributed by atoms with Gasteiger partial charge in [-0.1, -0.05) is 10.3 Å². The van der Waals surface area contributed by atoms with E-state index < -0.39 is 49.0 Å². The standard InChI is InChI=1S/C13H12Cl4N2O4/c1-22-13(23-2)11(16)5-6-8(19-21)4-3(7(5)18-20)9(11,14)10(4,15)12(6,13)17/h3-6,20-21H,1-2H3. The van der Waals surface area contributed by atoms with Crippen molar-refractivity contribution in [2.24, 2.45) is 34.0 Å². The second-order valence-electron chi connectivity index (χ2n) is 6.83. The highest BCUT2D eigenvalue weighted by Crippen LogP contribution is 2.95. The number of oxime groups is 2. The Labute approximate surface area is 151 Å². The van der Waals surface area contributed by atoms with Gasteiger partial charge in [-0.2, -0.15) is 0 Å². The molecule has 0 radical (unpaired) electrons. The molecule has 0 aromatic heterocycles. The molecule has 23 heavy (non-hydrogen) atoms. The molecule has 0 aliphatic heterocycles. The summed E-state index contributed by atoms with van der Waals surface area (Å²) in [5.41, 5.74) is 0.847. The van der Waals surface area contributed by atoms with Crippen LogP contribution in [0, 0.1) is 23.7 Å². The Morgan fingerprint density at radius 1 is 0.739 bits per heavy atom. The molecule has 5 aliphatic carbocycles. The monoisotopic (exact) mass is 400 g/mol. The number of halogens is 4. The van der Waals surface area contributed by atoms with E-state index in [1.807, 2.05) is 0 Å². The molecule has 8 unspecified atom stereocenters. The highest BCUT2D eigenvalue weighted by molar-refractivity contribution is 6.56. The van der Waals surface area contributed by atoms with E-state index in [1.54, 1.807) is 0 Å². The van der Waals surface area contributed by atoms with Crippen LogP contribution in [0.3, 0.4) is 0 Å². The van der Waals surface area contributed by atoms with Crippen LogP contribution < -0.4 is 0 Å². The number of rotatable bonds is 2. The molecule has 5 rings (SSSR count). The molecule has 0 aromatic rings. The second-order valence-corrected chi connectivity index (χ2v) is 9.22. The summed E-state index contributed by atoms with van der Waals surface area (Å²) in [5, 5.41) is 26.0. The van der Waals surface area contributed by atoms with Gasteiger partial charge < -0.3 is 19.9 Å². The Kier molecular flexibility index (Phi) is 2.39. The molecule has 5 aliphatic rings. The Bertz CT molecular complexity index is 673. The summed E-state index contributed by atoms with van der Waals surface area (Å²) in [6.45, 7) is 0. The minimum absolute atomic E-state index is 0.423. The van der Waals surface area contributed by atoms with Crippen molar-refractivity contribution in [1.82, 2.24) is 0 Å². The SMILES string of the molecule is COC1(OC)C2(Cl)C3C(=NO)C4C5C(=NO)C3C1(Cl)C5(Cl)C42Cl. The lowest BCUT2D eigenvalue weighted by Gasteiger charge is -2.58. The zero-order valence-electron chi connectivity index (χ0n) is 11.9. The van der Waals surface area contributed by atoms with Gasteiger partial charge in [0.25, 0.3) is 0 Å². The van der Waals surface area contributed by atoms with Crippen molar-refractivity contribution in [3.63, 3.8) is 0 Å². The number of hydrogen-bond acceptors (Lipinski definition) is 6. The normalized spacial score (nSPS) is 66.0. The molecule has 2 bridgehead atoms. The van der Waals surface area contributed by atoms with Crippen molar-refractivity contribution >= 4 is 57.8 Å². The summed E-state index contributed by atoms with van der Waals surface area (Å²) < 4.78 is 11.4. The lowest BCUT2D eigenvalue weighted by molar-refractivity contribution is -0.223. The van der Waals surface area contributed by atoms with E-state index in [2.05, 4.69) is 10.3 Å². The fourth-order valence-corrected chi connectivity index (χ4v) is 9.93. The fraction of sp³-hybridized carbons (Fsp3) is 0.846. The minimum Gasteiger partial charge on any atom is -0.411 e. The van der Waals surface area contributed by atoms with E-state index in [4.69, 9.17) is 55.9 Å². The molecule has 8 atom stereocenters. The first-order valence-corrected chi connectivity index (χ1v) is 8.57. The number of fused-ring (bicyclic) bond motifs is 2. The van der Waals surface area contributed by atoms with Gasteiger partial charge >= 0.3 is 0 Å². The maximum Gasteiger partial charge on any atom is 0.211 e. The van der Waals surface area contributed by atoms with Crippen LogP contribution in [0.2, 0.25) is 0 Å². The summed E-state index contributed by atoms with van der Waals surface area (Å²) in [6, 6.07) is 0. The van der Waals surface area contributed by atoms with Crippen LogP contribution in [-0.2, 0) is 9.47 Å². The molecule has 0 aromatic carbocycles. The highest BCUT2D eigenvalue weighted by Gasteiger charge is 3.11. The highest BCUT2D eigenvalue weighted by atomic mass is 35.5. The van der Waals surface area contributed by atoms with Gasteiger partial charge in [-0.25, -0.2) is 0 Å².